The lowest BCUT2D eigenvalue weighted by Crippen LogP contribution is -2.46. The molecule has 2 amide bonds. The van der Waals surface area contributed by atoms with Crippen molar-refractivity contribution in [3.8, 4) is 11.5 Å². The Hall–Kier alpha value is -3.27. The number of sulfonamides is 1. The zero-order valence-electron chi connectivity index (χ0n) is 20.3. The summed E-state index contributed by atoms with van der Waals surface area (Å²) in [5, 5.41) is 2.58. The van der Waals surface area contributed by atoms with Gasteiger partial charge in [-0.15, -0.1) is 0 Å². The van der Waals surface area contributed by atoms with Crippen LogP contribution >= 0.6 is 0 Å². The molecule has 10 heteroatoms. The van der Waals surface area contributed by atoms with Crippen molar-refractivity contribution >= 4 is 27.5 Å². The summed E-state index contributed by atoms with van der Waals surface area (Å²) in [5.41, 5.74) is 1.31. The highest BCUT2D eigenvalue weighted by Crippen LogP contribution is 2.24. The molecule has 186 valence electrons. The Kier molecular flexibility index (Phi) is 9.73. The lowest BCUT2D eigenvalue weighted by molar-refractivity contribution is -0.140. The van der Waals surface area contributed by atoms with Crippen molar-refractivity contribution in [1.29, 1.82) is 0 Å². The summed E-state index contributed by atoms with van der Waals surface area (Å²) in [6, 6.07) is 13.3. The summed E-state index contributed by atoms with van der Waals surface area (Å²) in [6.45, 7) is 2.02. The first-order valence-corrected chi connectivity index (χ1v) is 12.7. The van der Waals surface area contributed by atoms with Gasteiger partial charge in [0.2, 0.25) is 21.8 Å². The number of methoxy groups -OCH3 is 2. The molecule has 9 nitrogen and oxygen atoms in total. The number of hydrogen-bond acceptors (Lipinski definition) is 6. The van der Waals surface area contributed by atoms with E-state index in [2.05, 4.69) is 5.32 Å². The van der Waals surface area contributed by atoms with E-state index in [9.17, 15) is 18.0 Å². The van der Waals surface area contributed by atoms with Gasteiger partial charge in [0.1, 0.15) is 17.5 Å². The molecule has 0 aromatic heterocycles. The van der Waals surface area contributed by atoms with Gasteiger partial charge in [0.25, 0.3) is 0 Å². The first-order valence-electron chi connectivity index (χ1n) is 10.9. The number of likely N-dealkylation sites (N-methyl/N-ethyl adjacent to an activating group) is 1. The molecule has 0 aliphatic rings. The van der Waals surface area contributed by atoms with Crippen LogP contribution in [0.2, 0.25) is 0 Å². The molecule has 0 saturated heterocycles. The molecule has 0 saturated carbocycles. The maximum Gasteiger partial charge on any atom is 0.242 e. The minimum absolute atomic E-state index is 0.0769. The first-order chi connectivity index (χ1) is 16.1. The van der Waals surface area contributed by atoms with Gasteiger partial charge in [0, 0.05) is 32.6 Å². The molecule has 34 heavy (non-hydrogen) atoms. The molecular formula is C24H33N3O6S. The van der Waals surface area contributed by atoms with Crippen LogP contribution < -0.4 is 19.1 Å². The highest BCUT2D eigenvalue weighted by molar-refractivity contribution is 7.92. The SMILES string of the molecule is CNC(=O)[C@@H](C)N(Cc1ccc(OC)cc1)C(=O)CCCN(c1cccc(OC)c1)S(C)(=O)=O. The summed E-state index contributed by atoms with van der Waals surface area (Å²) in [5.74, 6) is 0.702. The Morgan fingerprint density at radius 2 is 1.68 bits per heavy atom. The Labute approximate surface area is 201 Å². The van der Waals surface area contributed by atoms with Gasteiger partial charge >= 0.3 is 0 Å². The number of nitrogens with one attached hydrogen (secondary N) is 1. The van der Waals surface area contributed by atoms with Crippen LogP contribution in [0.5, 0.6) is 11.5 Å². The second-order valence-corrected chi connectivity index (χ2v) is 9.71. The minimum atomic E-state index is -3.57. The summed E-state index contributed by atoms with van der Waals surface area (Å²) >= 11 is 0. The third-order valence-corrected chi connectivity index (χ3v) is 6.61. The van der Waals surface area contributed by atoms with Crippen molar-refractivity contribution in [3.05, 3.63) is 54.1 Å². The number of carbonyl (C=O) groups excluding carboxylic acids is 2. The van der Waals surface area contributed by atoms with Gasteiger partial charge in [0.05, 0.1) is 26.2 Å². The van der Waals surface area contributed by atoms with Crippen molar-refractivity contribution in [3.63, 3.8) is 0 Å². The van der Waals surface area contributed by atoms with Crippen molar-refractivity contribution in [2.24, 2.45) is 0 Å². The quantitative estimate of drug-likeness (QED) is 0.489. The molecule has 2 aromatic rings. The van der Waals surface area contributed by atoms with Gasteiger partial charge < -0.3 is 19.7 Å². The smallest absolute Gasteiger partial charge is 0.242 e. The van der Waals surface area contributed by atoms with E-state index < -0.39 is 16.1 Å². The maximum absolute atomic E-state index is 13.1. The standard InChI is InChI=1S/C24H33N3O6S/c1-18(24(29)25-2)26(17-19-11-13-21(32-3)14-12-19)23(28)10-7-15-27(34(5,30)31)20-8-6-9-22(16-20)33-4/h6,8-9,11-14,16,18H,7,10,15,17H2,1-5H3,(H,25,29)/t18-/m1/s1. The topological polar surface area (TPSA) is 105 Å². The highest BCUT2D eigenvalue weighted by atomic mass is 32.2. The predicted molar refractivity (Wildman–Crippen MR) is 131 cm³/mol. The summed E-state index contributed by atoms with van der Waals surface area (Å²) in [7, 11) is 1.03. The van der Waals surface area contributed by atoms with E-state index in [-0.39, 0.29) is 37.7 Å². The van der Waals surface area contributed by atoms with E-state index in [0.717, 1.165) is 11.8 Å². The molecule has 0 aliphatic carbocycles. The molecule has 1 atom stereocenters. The number of benzene rings is 2. The van der Waals surface area contributed by atoms with Gasteiger partial charge in [-0.3, -0.25) is 13.9 Å². The first kappa shape index (κ1) is 27.0. The number of anilines is 1. The Bertz CT molecular complexity index is 1070. The average molecular weight is 492 g/mol. The summed E-state index contributed by atoms with van der Waals surface area (Å²) < 4.78 is 36.4. The van der Waals surface area contributed by atoms with Gasteiger partial charge in [-0.1, -0.05) is 18.2 Å². The van der Waals surface area contributed by atoms with Gasteiger partial charge in [-0.05, 0) is 43.2 Å². The van der Waals surface area contributed by atoms with Crippen LogP contribution in [0.25, 0.3) is 0 Å². The van der Waals surface area contributed by atoms with Gasteiger partial charge in [-0.25, -0.2) is 8.42 Å². The molecule has 0 radical (unpaired) electrons. The number of nitrogens with zero attached hydrogens (tertiary/aromatic N) is 2. The van der Waals surface area contributed by atoms with E-state index in [4.69, 9.17) is 9.47 Å². The van der Waals surface area contributed by atoms with Crippen LogP contribution in [-0.2, 0) is 26.2 Å². The molecule has 1 N–H and O–H groups in total. The van der Waals surface area contributed by atoms with Crippen LogP contribution in [0.4, 0.5) is 5.69 Å². The Morgan fingerprint density at radius 1 is 1.03 bits per heavy atom. The number of hydrogen-bond donors (Lipinski definition) is 1. The minimum Gasteiger partial charge on any atom is -0.497 e. The molecule has 2 rings (SSSR count). The van der Waals surface area contributed by atoms with Crippen molar-refractivity contribution in [1.82, 2.24) is 10.2 Å². The van der Waals surface area contributed by atoms with Crippen LogP contribution in [0.15, 0.2) is 48.5 Å². The van der Waals surface area contributed by atoms with E-state index in [1.165, 1.54) is 23.4 Å². The maximum atomic E-state index is 13.1. The van der Waals surface area contributed by atoms with E-state index >= 15 is 0 Å². The normalized spacial score (nSPS) is 11.9. The zero-order chi connectivity index (χ0) is 25.3. The third-order valence-electron chi connectivity index (χ3n) is 5.42. The van der Waals surface area contributed by atoms with Crippen LogP contribution in [0.1, 0.15) is 25.3 Å². The number of ether oxygens (including phenoxy) is 2. The van der Waals surface area contributed by atoms with E-state index in [0.29, 0.717) is 17.2 Å². The average Bonchev–Trinajstić information content (AvgIpc) is 2.83. The molecule has 0 spiro atoms. The second-order valence-electron chi connectivity index (χ2n) is 7.80. The van der Waals surface area contributed by atoms with Crippen LogP contribution in [0.3, 0.4) is 0 Å². The fourth-order valence-electron chi connectivity index (χ4n) is 3.49. The van der Waals surface area contributed by atoms with E-state index in [1.54, 1.807) is 50.4 Å². The number of rotatable bonds is 12. The van der Waals surface area contributed by atoms with Crippen molar-refractivity contribution in [2.45, 2.75) is 32.4 Å². The summed E-state index contributed by atoms with van der Waals surface area (Å²) in [4.78, 5) is 26.9. The molecule has 2 aromatic carbocycles. The second kappa shape index (κ2) is 12.3. The van der Waals surface area contributed by atoms with Crippen molar-refractivity contribution in [2.75, 3.05) is 38.4 Å². The Morgan fingerprint density at radius 3 is 2.24 bits per heavy atom. The monoisotopic (exact) mass is 491 g/mol. The lowest BCUT2D eigenvalue weighted by atomic mass is 10.1. The Balaban J connectivity index is 2.15. The molecular weight excluding hydrogens is 458 g/mol. The number of carbonyl (C=O) groups is 2. The van der Waals surface area contributed by atoms with Crippen LogP contribution in [-0.4, -0.2) is 65.2 Å². The lowest BCUT2D eigenvalue weighted by Gasteiger charge is -2.29. The highest BCUT2D eigenvalue weighted by Gasteiger charge is 2.26. The molecule has 0 unspecified atom stereocenters. The van der Waals surface area contributed by atoms with Crippen LogP contribution in [0, 0.1) is 0 Å². The van der Waals surface area contributed by atoms with E-state index in [1.807, 2.05) is 12.1 Å². The van der Waals surface area contributed by atoms with Crippen molar-refractivity contribution < 1.29 is 27.5 Å². The largest absolute Gasteiger partial charge is 0.497 e. The fraction of sp³-hybridized carbons (Fsp3) is 0.417. The molecule has 0 aliphatic heterocycles. The number of amides is 2. The fourth-order valence-corrected chi connectivity index (χ4v) is 4.45. The summed E-state index contributed by atoms with van der Waals surface area (Å²) in [6.07, 6.45) is 1.48. The van der Waals surface area contributed by atoms with Gasteiger partial charge in [-0.2, -0.15) is 0 Å². The zero-order valence-corrected chi connectivity index (χ0v) is 21.1. The molecule has 0 fully saturated rings. The molecule has 0 bridgehead atoms. The predicted octanol–water partition coefficient (Wildman–Crippen LogP) is 2.41. The third kappa shape index (κ3) is 7.38. The molecule has 0 heterocycles. The van der Waals surface area contributed by atoms with Gasteiger partial charge in [0.15, 0.2) is 0 Å².